The predicted molar refractivity (Wildman–Crippen MR) is 82.3 cm³/mol. The molecule has 0 saturated carbocycles. The normalized spacial score (nSPS) is 11.5. The lowest BCUT2D eigenvalue weighted by atomic mass is 10.3. The minimum absolute atomic E-state index is 0.125. The van der Waals surface area contributed by atoms with Crippen molar-refractivity contribution in [1.29, 1.82) is 0 Å². The molecule has 0 aromatic heterocycles. The number of anilines is 1. The van der Waals surface area contributed by atoms with Crippen molar-refractivity contribution in [3.8, 4) is 0 Å². The van der Waals surface area contributed by atoms with Crippen LogP contribution in [0.4, 0.5) is 5.69 Å². The minimum atomic E-state index is -1.08. The largest absolute Gasteiger partial charge is 0.480 e. The summed E-state index contributed by atoms with van der Waals surface area (Å²) in [6.45, 7) is 1.27. The summed E-state index contributed by atoms with van der Waals surface area (Å²) in [4.78, 5) is 33.4. The monoisotopic (exact) mass is 310 g/mol. The van der Waals surface area contributed by atoms with Gasteiger partial charge in [-0.25, -0.2) is 4.79 Å². The lowest BCUT2D eigenvalue weighted by Gasteiger charge is -2.12. The van der Waals surface area contributed by atoms with E-state index in [0.717, 1.165) is 5.69 Å². The maximum Gasteiger partial charge on any atom is 0.327 e. The Morgan fingerprint density at radius 3 is 2.48 bits per heavy atom. The fraction of sp³-hybridized carbons (Fsp3) is 0.357. The molecule has 3 N–H and O–H groups in total. The number of hydrogen-bond donors (Lipinski definition) is 3. The molecule has 1 unspecified atom stereocenters. The van der Waals surface area contributed by atoms with Crippen LogP contribution < -0.4 is 10.6 Å². The Morgan fingerprint density at radius 2 is 1.90 bits per heavy atom. The van der Waals surface area contributed by atoms with Gasteiger partial charge < -0.3 is 15.7 Å². The van der Waals surface area contributed by atoms with E-state index in [1.165, 1.54) is 18.7 Å². The van der Waals surface area contributed by atoms with Crippen LogP contribution >= 0.6 is 11.8 Å². The molecule has 0 heterocycles. The quantitative estimate of drug-likeness (QED) is 0.630. The van der Waals surface area contributed by atoms with E-state index in [9.17, 15) is 14.4 Å². The zero-order valence-electron chi connectivity index (χ0n) is 11.7. The molecule has 21 heavy (non-hydrogen) atoms. The maximum atomic E-state index is 11.7. The van der Waals surface area contributed by atoms with E-state index >= 15 is 0 Å². The average molecular weight is 310 g/mol. The molecule has 7 heteroatoms. The van der Waals surface area contributed by atoms with Crippen LogP contribution in [0.15, 0.2) is 30.3 Å². The fourth-order valence-electron chi connectivity index (χ4n) is 1.53. The molecule has 1 aromatic rings. The number of aliphatic carboxylic acids is 1. The Hall–Kier alpha value is -2.02. The molecule has 0 spiro atoms. The molecule has 1 aromatic carbocycles. The molecule has 0 aliphatic carbocycles. The molecule has 0 saturated heterocycles. The summed E-state index contributed by atoms with van der Waals surface area (Å²) >= 11 is 1.31. The molecule has 6 nitrogen and oxygen atoms in total. The number of benzene rings is 1. The van der Waals surface area contributed by atoms with E-state index in [2.05, 4.69) is 10.6 Å². The molecule has 1 rings (SSSR count). The van der Waals surface area contributed by atoms with Crippen LogP contribution in [-0.4, -0.2) is 40.4 Å². The number of carboxylic acid groups (broad SMARTS) is 1. The summed E-state index contributed by atoms with van der Waals surface area (Å²) in [6, 6.07) is 8.18. The number of carbonyl (C=O) groups excluding carboxylic acids is 2. The standard InChI is InChI=1S/C14H18N2O4S/c1-10(17)15-12(14(19)20)9-21-8-7-13(18)16-11-5-3-2-4-6-11/h2-6,12H,7-9H2,1H3,(H,15,17)(H,16,18)(H,19,20). The Bertz CT molecular complexity index is 493. The van der Waals surface area contributed by atoms with Gasteiger partial charge in [0, 0.05) is 30.5 Å². The highest BCUT2D eigenvalue weighted by Gasteiger charge is 2.18. The predicted octanol–water partition coefficient (Wildman–Crippen LogP) is 1.34. The van der Waals surface area contributed by atoms with Crippen molar-refractivity contribution in [2.75, 3.05) is 16.8 Å². The molecular weight excluding hydrogens is 292 g/mol. The van der Waals surface area contributed by atoms with Gasteiger partial charge in [-0.05, 0) is 12.1 Å². The highest BCUT2D eigenvalue weighted by atomic mass is 32.2. The summed E-state index contributed by atoms with van der Waals surface area (Å²) in [5, 5.41) is 14.0. The van der Waals surface area contributed by atoms with Crippen molar-refractivity contribution in [2.45, 2.75) is 19.4 Å². The number of para-hydroxylation sites is 1. The lowest BCUT2D eigenvalue weighted by molar-refractivity contribution is -0.140. The number of hydrogen-bond acceptors (Lipinski definition) is 4. The number of nitrogens with one attached hydrogen (secondary N) is 2. The molecule has 114 valence electrons. The molecule has 0 aliphatic heterocycles. The van der Waals surface area contributed by atoms with Crippen molar-refractivity contribution in [3.63, 3.8) is 0 Å². The van der Waals surface area contributed by atoms with Crippen LogP contribution in [0, 0.1) is 0 Å². The lowest BCUT2D eigenvalue weighted by Crippen LogP contribution is -2.41. The molecule has 0 fully saturated rings. The van der Waals surface area contributed by atoms with E-state index in [1.807, 2.05) is 18.2 Å². The molecule has 0 bridgehead atoms. The van der Waals surface area contributed by atoms with E-state index in [0.29, 0.717) is 5.75 Å². The SMILES string of the molecule is CC(=O)NC(CSCCC(=O)Nc1ccccc1)C(=O)O. The van der Waals surface area contributed by atoms with Crippen molar-refractivity contribution in [3.05, 3.63) is 30.3 Å². The van der Waals surface area contributed by atoms with Crippen LogP contribution in [0.25, 0.3) is 0 Å². The number of carboxylic acids is 1. The van der Waals surface area contributed by atoms with Gasteiger partial charge in [0.2, 0.25) is 11.8 Å². The molecule has 0 radical (unpaired) electrons. The number of thioether (sulfide) groups is 1. The average Bonchev–Trinajstić information content (AvgIpc) is 2.42. The fourth-order valence-corrected chi connectivity index (χ4v) is 2.49. The van der Waals surface area contributed by atoms with Gasteiger partial charge in [-0.1, -0.05) is 18.2 Å². The van der Waals surface area contributed by atoms with E-state index < -0.39 is 12.0 Å². The van der Waals surface area contributed by atoms with Gasteiger partial charge in [-0.3, -0.25) is 9.59 Å². The van der Waals surface area contributed by atoms with Gasteiger partial charge in [0.25, 0.3) is 0 Å². The van der Waals surface area contributed by atoms with E-state index in [-0.39, 0.29) is 24.0 Å². The first-order valence-corrected chi connectivity index (χ1v) is 7.57. The van der Waals surface area contributed by atoms with Crippen LogP contribution in [0.2, 0.25) is 0 Å². The third-order valence-corrected chi connectivity index (χ3v) is 3.55. The van der Waals surface area contributed by atoms with Gasteiger partial charge in [0.05, 0.1) is 0 Å². The second-order valence-electron chi connectivity index (χ2n) is 4.33. The Balaban J connectivity index is 2.25. The number of carbonyl (C=O) groups is 3. The van der Waals surface area contributed by atoms with E-state index in [4.69, 9.17) is 5.11 Å². The Kier molecular flexibility index (Phi) is 7.31. The second-order valence-corrected chi connectivity index (χ2v) is 5.48. The van der Waals surface area contributed by atoms with Crippen molar-refractivity contribution in [2.24, 2.45) is 0 Å². The number of rotatable bonds is 8. The number of amides is 2. The first-order valence-electron chi connectivity index (χ1n) is 6.41. The highest BCUT2D eigenvalue weighted by Crippen LogP contribution is 2.09. The van der Waals surface area contributed by atoms with Gasteiger partial charge in [0.15, 0.2) is 0 Å². The minimum Gasteiger partial charge on any atom is -0.480 e. The van der Waals surface area contributed by atoms with Gasteiger partial charge in [0.1, 0.15) is 6.04 Å². The van der Waals surface area contributed by atoms with Crippen LogP contribution in [0.3, 0.4) is 0 Å². The van der Waals surface area contributed by atoms with E-state index in [1.54, 1.807) is 12.1 Å². The summed E-state index contributed by atoms with van der Waals surface area (Å²) in [5.74, 6) is -0.869. The maximum absolute atomic E-state index is 11.7. The summed E-state index contributed by atoms with van der Waals surface area (Å²) < 4.78 is 0. The summed E-state index contributed by atoms with van der Waals surface area (Å²) in [7, 11) is 0. The first-order chi connectivity index (χ1) is 9.99. The third kappa shape index (κ3) is 7.36. The topological polar surface area (TPSA) is 95.5 Å². The van der Waals surface area contributed by atoms with Gasteiger partial charge in [-0.15, -0.1) is 0 Å². The second kappa shape index (κ2) is 9.02. The smallest absolute Gasteiger partial charge is 0.327 e. The summed E-state index contributed by atoms with van der Waals surface area (Å²) in [6.07, 6.45) is 0.284. The van der Waals surface area contributed by atoms with Crippen molar-refractivity contribution >= 4 is 35.2 Å². The van der Waals surface area contributed by atoms with Crippen LogP contribution in [0.5, 0.6) is 0 Å². The molecule has 2 amide bonds. The molecule has 1 atom stereocenters. The zero-order valence-corrected chi connectivity index (χ0v) is 12.5. The van der Waals surface area contributed by atoms with Gasteiger partial charge >= 0.3 is 5.97 Å². The highest BCUT2D eigenvalue weighted by molar-refractivity contribution is 7.99. The molecule has 0 aliphatic rings. The van der Waals surface area contributed by atoms with Gasteiger partial charge in [-0.2, -0.15) is 11.8 Å². The van der Waals surface area contributed by atoms with Crippen molar-refractivity contribution < 1.29 is 19.5 Å². The zero-order chi connectivity index (χ0) is 15.7. The molecular formula is C14H18N2O4S. The van der Waals surface area contributed by atoms with Crippen LogP contribution in [0.1, 0.15) is 13.3 Å². The third-order valence-electron chi connectivity index (χ3n) is 2.49. The van der Waals surface area contributed by atoms with Crippen LogP contribution in [-0.2, 0) is 14.4 Å². The Morgan fingerprint density at radius 1 is 1.24 bits per heavy atom. The summed E-state index contributed by atoms with van der Waals surface area (Å²) in [5.41, 5.74) is 0.731. The first kappa shape index (κ1) is 17.0. The Labute approximate surface area is 127 Å². The van der Waals surface area contributed by atoms with Crippen molar-refractivity contribution in [1.82, 2.24) is 5.32 Å².